The molecule has 0 radical (unpaired) electrons. The Bertz CT molecular complexity index is 514. The first kappa shape index (κ1) is 15.5. The Morgan fingerprint density at radius 1 is 1.38 bits per heavy atom. The lowest BCUT2D eigenvalue weighted by Crippen LogP contribution is -2.54. The summed E-state index contributed by atoms with van der Waals surface area (Å²) in [7, 11) is 4.12. The molecule has 1 aromatic heterocycles. The lowest BCUT2D eigenvalue weighted by molar-refractivity contribution is -0.122. The maximum Gasteiger partial charge on any atom is 0.352 e. The van der Waals surface area contributed by atoms with Gasteiger partial charge in [-0.2, -0.15) is 0 Å². The van der Waals surface area contributed by atoms with Gasteiger partial charge in [0.25, 0.3) is 0 Å². The Balaban J connectivity index is 1.84. The van der Waals surface area contributed by atoms with Crippen LogP contribution in [0.2, 0.25) is 0 Å². The normalized spacial score (nSPS) is 20.4. The molecule has 2 N–H and O–H groups in total. The first-order valence-corrected chi connectivity index (χ1v) is 7.01. The summed E-state index contributed by atoms with van der Waals surface area (Å²) in [6.07, 6.45) is 1.60. The number of carbonyl (C=O) groups excluding carboxylic acids is 1. The van der Waals surface area contributed by atoms with Crippen LogP contribution in [0.3, 0.4) is 0 Å². The van der Waals surface area contributed by atoms with Gasteiger partial charge in [-0.25, -0.2) is 4.79 Å². The van der Waals surface area contributed by atoms with Gasteiger partial charge in [0.05, 0.1) is 0 Å². The van der Waals surface area contributed by atoms with E-state index in [9.17, 15) is 9.59 Å². The minimum atomic E-state index is -1.03. The minimum Gasteiger partial charge on any atom is -0.477 e. The van der Waals surface area contributed by atoms with Crippen LogP contribution in [0.25, 0.3) is 0 Å². The second kappa shape index (κ2) is 6.73. The molecule has 0 bridgehead atoms. The van der Waals surface area contributed by atoms with Crippen LogP contribution >= 0.6 is 0 Å². The van der Waals surface area contributed by atoms with Crippen LogP contribution < -0.4 is 5.32 Å². The zero-order valence-electron chi connectivity index (χ0n) is 12.5. The number of nitrogens with one attached hydrogen (secondary N) is 1. The van der Waals surface area contributed by atoms with Gasteiger partial charge in [0.1, 0.15) is 12.2 Å². The maximum absolute atomic E-state index is 12.0. The van der Waals surface area contributed by atoms with E-state index in [0.29, 0.717) is 6.54 Å². The van der Waals surface area contributed by atoms with Gasteiger partial charge in [0, 0.05) is 38.4 Å². The standard InChI is InChI=1S/C14H22N4O3/c1-16-6-7-17(2)11(9-16)8-15-13(19)10-18-5-3-4-12(18)14(20)21/h3-5,11H,6-10H2,1-2H3,(H,15,19)(H,20,21). The SMILES string of the molecule is CN1CCN(C)C(CNC(=O)Cn2cccc2C(=O)O)C1. The van der Waals surface area contributed by atoms with E-state index in [1.807, 2.05) is 0 Å². The lowest BCUT2D eigenvalue weighted by Gasteiger charge is -2.37. The van der Waals surface area contributed by atoms with E-state index in [4.69, 9.17) is 5.11 Å². The highest BCUT2D eigenvalue weighted by Crippen LogP contribution is 2.05. The average molecular weight is 294 g/mol. The van der Waals surface area contributed by atoms with E-state index in [0.717, 1.165) is 19.6 Å². The number of carboxylic acids is 1. The van der Waals surface area contributed by atoms with Crippen molar-refractivity contribution in [2.24, 2.45) is 0 Å². The van der Waals surface area contributed by atoms with Crippen molar-refractivity contribution in [2.75, 3.05) is 40.3 Å². The van der Waals surface area contributed by atoms with Crippen LogP contribution in [0, 0.1) is 0 Å². The zero-order valence-corrected chi connectivity index (χ0v) is 12.5. The zero-order chi connectivity index (χ0) is 15.4. The Morgan fingerprint density at radius 3 is 2.86 bits per heavy atom. The highest BCUT2D eigenvalue weighted by atomic mass is 16.4. The summed E-state index contributed by atoms with van der Waals surface area (Å²) in [5.74, 6) is -1.20. The summed E-state index contributed by atoms with van der Waals surface area (Å²) >= 11 is 0. The van der Waals surface area contributed by atoms with Crippen LogP contribution in [0.1, 0.15) is 10.5 Å². The van der Waals surface area contributed by atoms with E-state index in [1.54, 1.807) is 12.3 Å². The number of aromatic carboxylic acids is 1. The largest absolute Gasteiger partial charge is 0.477 e. The van der Waals surface area contributed by atoms with Crippen LogP contribution in [-0.2, 0) is 11.3 Å². The number of carboxylic acid groups (broad SMARTS) is 1. The molecule has 2 rings (SSSR count). The molecule has 2 heterocycles. The molecule has 116 valence electrons. The summed E-state index contributed by atoms with van der Waals surface area (Å²) in [6, 6.07) is 3.40. The van der Waals surface area contributed by atoms with Crippen molar-refractivity contribution in [1.29, 1.82) is 0 Å². The Kier molecular flexibility index (Phi) is 4.98. The first-order chi connectivity index (χ1) is 9.97. The molecule has 0 aromatic carbocycles. The molecule has 1 aliphatic rings. The van der Waals surface area contributed by atoms with Gasteiger partial charge in [-0.15, -0.1) is 0 Å². The summed E-state index contributed by atoms with van der Waals surface area (Å²) in [6.45, 7) is 3.54. The molecule has 1 unspecified atom stereocenters. The van der Waals surface area contributed by atoms with Crippen LogP contribution in [0.15, 0.2) is 18.3 Å². The number of amides is 1. The number of likely N-dealkylation sites (N-methyl/N-ethyl adjacent to an activating group) is 2. The molecule has 1 saturated heterocycles. The van der Waals surface area contributed by atoms with Gasteiger partial charge >= 0.3 is 5.97 Å². The fourth-order valence-electron chi connectivity index (χ4n) is 2.51. The van der Waals surface area contributed by atoms with Gasteiger partial charge in [-0.1, -0.05) is 0 Å². The summed E-state index contributed by atoms with van der Waals surface area (Å²) in [5, 5.41) is 11.9. The summed E-state index contributed by atoms with van der Waals surface area (Å²) < 4.78 is 1.44. The first-order valence-electron chi connectivity index (χ1n) is 7.01. The van der Waals surface area contributed by atoms with Crippen molar-refractivity contribution in [3.63, 3.8) is 0 Å². The number of aromatic nitrogens is 1. The fraction of sp³-hybridized carbons (Fsp3) is 0.571. The molecule has 1 aromatic rings. The molecule has 7 heteroatoms. The van der Waals surface area contributed by atoms with E-state index in [2.05, 4.69) is 29.2 Å². The third-order valence-electron chi connectivity index (χ3n) is 3.88. The molecule has 0 saturated carbocycles. The Hall–Kier alpha value is -1.86. The number of piperazine rings is 1. The quantitative estimate of drug-likeness (QED) is 0.769. The number of nitrogens with zero attached hydrogens (tertiary/aromatic N) is 3. The fourth-order valence-corrected chi connectivity index (χ4v) is 2.51. The second-order valence-electron chi connectivity index (χ2n) is 5.53. The predicted octanol–water partition coefficient (Wildman–Crippen LogP) is -0.452. The molecule has 0 spiro atoms. The number of carbonyl (C=O) groups is 2. The second-order valence-corrected chi connectivity index (χ2v) is 5.53. The van der Waals surface area contributed by atoms with Gasteiger partial charge in [-0.3, -0.25) is 9.69 Å². The third-order valence-corrected chi connectivity index (χ3v) is 3.88. The monoisotopic (exact) mass is 294 g/mol. The number of rotatable bonds is 5. The average Bonchev–Trinajstić information content (AvgIpc) is 2.88. The van der Waals surface area contributed by atoms with E-state index in [1.165, 1.54) is 10.6 Å². The topological polar surface area (TPSA) is 77.8 Å². The summed E-state index contributed by atoms with van der Waals surface area (Å²) in [4.78, 5) is 27.4. The minimum absolute atomic E-state index is 0.0287. The van der Waals surface area contributed by atoms with Crippen LogP contribution in [-0.4, -0.2) is 77.7 Å². The Labute approximate surface area is 124 Å². The predicted molar refractivity (Wildman–Crippen MR) is 78.3 cm³/mol. The van der Waals surface area contributed by atoms with Crippen molar-refractivity contribution in [2.45, 2.75) is 12.6 Å². The molecular formula is C14H22N4O3. The number of hydrogen-bond acceptors (Lipinski definition) is 4. The third kappa shape index (κ3) is 4.05. The molecule has 7 nitrogen and oxygen atoms in total. The van der Waals surface area contributed by atoms with E-state index in [-0.39, 0.29) is 24.2 Å². The van der Waals surface area contributed by atoms with Crippen molar-refractivity contribution >= 4 is 11.9 Å². The molecular weight excluding hydrogens is 272 g/mol. The van der Waals surface area contributed by atoms with Crippen molar-refractivity contribution in [3.8, 4) is 0 Å². The van der Waals surface area contributed by atoms with Gasteiger partial charge in [0.2, 0.25) is 5.91 Å². The van der Waals surface area contributed by atoms with Gasteiger partial charge < -0.3 is 19.9 Å². The molecule has 1 atom stereocenters. The molecule has 0 aliphatic carbocycles. The molecule has 1 aliphatic heterocycles. The van der Waals surface area contributed by atoms with Gasteiger partial charge in [0.15, 0.2) is 0 Å². The molecule has 21 heavy (non-hydrogen) atoms. The highest BCUT2D eigenvalue weighted by Gasteiger charge is 2.22. The molecule has 1 fully saturated rings. The number of hydrogen-bond donors (Lipinski definition) is 2. The van der Waals surface area contributed by atoms with Crippen molar-refractivity contribution < 1.29 is 14.7 Å². The van der Waals surface area contributed by atoms with Crippen LogP contribution in [0.4, 0.5) is 0 Å². The van der Waals surface area contributed by atoms with Crippen molar-refractivity contribution in [3.05, 3.63) is 24.0 Å². The smallest absolute Gasteiger partial charge is 0.352 e. The van der Waals surface area contributed by atoms with Crippen LogP contribution in [0.5, 0.6) is 0 Å². The van der Waals surface area contributed by atoms with Crippen molar-refractivity contribution in [1.82, 2.24) is 19.7 Å². The summed E-state index contributed by atoms with van der Waals surface area (Å²) in [5.41, 5.74) is 0.125. The molecule has 1 amide bonds. The Morgan fingerprint density at radius 2 is 2.14 bits per heavy atom. The van der Waals surface area contributed by atoms with Gasteiger partial charge in [-0.05, 0) is 26.2 Å². The van der Waals surface area contributed by atoms with E-state index >= 15 is 0 Å². The maximum atomic E-state index is 12.0. The van der Waals surface area contributed by atoms with E-state index < -0.39 is 5.97 Å². The lowest BCUT2D eigenvalue weighted by atomic mass is 10.2. The highest BCUT2D eigenvalue weighted by molar-refractivity contribution is 5.86.